The lowest BCUT2D eigenvalue weighted by Gasteiger charge is -2.54. The number of para-hydroxylation sites is 6. The summed E-state index contributed by atoms with van der Waals surface area (Å²) < 4.78 is 0. The van der Waals surface area contributed by atoms with Crippen LogP contribution in [-0.4, -0.2) is 26.0 Å². The summed E-state index contributed by atoms with van der Waals surface area (Å²) in [6, 6.07) is 136. The van der Waals surface area contributed by atoms with Crippen LogP contribution in [-0.2, 0) is 0 Å². The summed E-state index contributed by atoms with van der Waals surface area (Å²) in [7, 11) is 0. The zero-order valence-electron chi connectivity index (χ0n) is 59.5. The largest absolute Gasteiger partial charge is 0.368 e. The molecule has 15 aromatic carbocycles. The summed E-state index contributed by atoms with van der Waals surface area (Å²) in [6.07, 6.45) is 6.53. The number of benzene rings is 15. The van der Waals surface area contributed by atoms with E-state index >= 15 is 0 Å². The van der Waals surface area contributed by atoms with Crippen molar-refractivity contribution < 1.29 is 0 Å². The van der Waals surface area contributed by atoms with Crippen molar-refractivity contribution in [2.45, 2.75) is 38.1 Å². The number of hydrogen-bond donors (Lipinski definition) is 0. The lowest BCUT2D eigenvalue weighted by atomic mass is 9.30. The molecule has 3 bridgehead atoms. The van der Waals surface area contributed by atoms with Gasteiger partial charge in [0.05, 0.1) is 17.1 Å². The SMILES string of the molecule is c1ccc(-c2cccc(-c3ccccc3)c2N2c3ccccc3B3c4cc5c(cc4N(c4ccccc4)c4cccc2c43)N(c2c(-c3ccccc3)cccc2-c2ccccc2)c2cc(N3CC4CCC6CC4CC3C6)cc3c2B5c2ccccc2N3c2c(-c3ccccc3)cccc2-c2ccccc2)cc1. The minimum atomic E-state index is -0.217. The van der Waals surface area contributed by atoms with Crippen LogP contribution < -0.4 is 57.3 Å². The predicted molar refractivity (Wildman–Crippen MR) is 452 cm³/mol. The molecule has 2 saturated carbocycles. The van der Waals surface area contributed by atoms with Gasteiger partial charge < -0.3 is 24.5 Å². The van der Waals surface area contributed by atoms with E-state index in [1.807, 2.05) is 0 Å². The van der Waals surface area contributed by atoms with Crippen molar-refractivity contribution in [3.05, 3.63) is 358 Å². The lowest BCUT2D eigenvalue weighted by molar-refractivity contribution is 0.0755. The third-order valence-electron chi connectivity index (χ3n) is 24.9. The number of rotatable bonds is 11. The van der Waals surface area contributed by atoms with Crippen molar-refractivity contribution in [1.29, 1.82) is 0 Å². The Bertz CT molecular complexity index is 5800. The van der Waals surface area contributed by atoms with Crippen molar-refractivity contribution in [2.24, 2.45) is 17.8 Å². The number of fused-ring (bicyclic) bond motifs is 10. The van der Waals surface area contributed by atoms with Crippen molar-refractivity contribution in [3.8, 4) is 66.8 Å². The van der Waals surface area contributed by atoms with E-state index in [4.69, 9.17) is 0 Å². The highest BCUT2D eigenvalue weighted by Crippen LogP contribution is 2.58. The first-order valence-corrected chi connectivity index (χ1v) is 38.5. The fourth-order valence-electron chi connectivity index (χ4n) is 20.5. The van der Waals surface area contributed by atoms with E-state index in [1.54, 1.807) is 0 Å². The molecule has 107 heavy (non-hydrogen) atoms. The molecular formula is C100H75B2N5. The van der Waals surface area contributed by atoms with Gasteiger partial charge in [0.1, 0.15) is 0 Å². The van der Waals surface area contributed by atoms with Gasteiger partial charge in [-0.05, 0) is 164 Å². The Morgan fingerprint density at radius 3 is 1.02 bits per heavy atom. The molecule has 0 amide bonds. The smallest absolute Gasteiger partial charge is 0.252 e. The van der Waals surface area contributed by atoms with E-state index < -0.39 is 0 Å². The second-order valence-corrected chi connectivity index (χ2v) is 30.5. The Labute approximate surface area is 627 Å². The van der Waals surface area contributed by atoms with Crippen molar-refractivity contribution in [2.75, 3.05) is 31.0 Å². The topological polar surface area (TPSA) is 16.2 Å². The molecule has 5 aliphatic heterocycles. The molecule has 3 fully saturated rings. The van der Waals surface area contributed by atoms with Gasteiger partial charge in [0.15, 0.2) is 0 Å². The molecule has 0 N–H and O–H groups in total. The van der Waals surface area contributed by atoms with Gasteiger partial charge in [-0.1, -0.05) is 310 Å². The molecule has 0 aromatic heterocycles. The van der Waals surface area contributed by atoms with E-state index in [9.17, 15) is 0 Å². The van der Waals surface area contributed by atoms with E-state index in [0.717, 1.165) is 35.4 Å². The van der Waals surface area contributed by atoms with Gasteiger partial charge in [-0.3, -0.25) is 0 Å². The van der Waals surface area contributed by atoms with Gasteiger partial charge in [0.25, 0.3) is 13.4 Å². The Morgan fingerprint density at radius 2 is 0.579 bits per heavy atom. The normalized spacial score (nSPS) is 17.4. The highest BCUT2D eigenvalue weighted by molar-refractivity contribution is 7.03. The Hall–Kier alpha value is -12.6. The Kier molecular flexibility index (Phi) is 14.5. The fourth-order valence-corrected chi connectivity index (χ4v) is 20.5. The maximum absolute atomic E-state index is 2.93. The average Bonchev–Trinajstić information content (AvgIpc) is 0.681. The number of piperidine rings is 1. The van der Waals surface area contributed by atoms with Crippen LogP contribution in [0.4, 0.5) is 73.9 Å². The lowest BCUT2D eigenvalue weighted by Crippen LogP contribution is -2.65. The second kappa shape index (κ2) is 25.1. The maximum Gasteiger partial charge on any atom is 0.252 e. The van der Waals surface area contributed by atoms with E-state index in [0.29, 0.717) is 12.0 Å². The van der Waals surface area contributed by atoms with Crippen LogP contribution in [0, 0.1) is 17.8 Å². The number of anilines is 13. The minimum Gasteiger partial charge on any atom is -0.368 e. The summed E-state index contributed by atoms with van der Waals surface area (Å²) in [5.41, 5.74) is 37.2. The molecule has 15 aromatic rings. The standard InChI is InChI=1S/C100H75B2N5/c1-8-30-67(31-9-1)78-44-26-45-79(68-32-10-2-11-33-68)98(78)105-88-52-24-22-50-84(88)101-86-63-87-93(64-92(86)104(75-42-20-7-21-43-75)90-54-29-55-91(105)96(90)101)107(100-82(71-38-16-5-17-39-71)48-28-49-83(100)72-40-18-6-19-41-72)95-62-77(103-65-73-57-56-66-58-74(73)60-76(103)59-66)61-94-97(95)102(87)85-51-23-25-53-89(85)106(94)99-80(69-34-12-3-13-35-69)46-27-47-81(99)70-36-14-4-15-37-70/h1-55,61-64,66,73-74,76H,56-60,65H2. The van der Waals surface area contributed by atoms with Crippen LogP contribution in [0.5, 0.6) is 0 Å². The highest BCUT2D eigenvalue weighted by atomic mass is 15.2. The number of hydrogen-bond acceptors (Lipinski definition) is 5. The van der Waals surface area contributed by atoms with Gasteiger partial charge in [-0.15, -0.1) is 0 Å². The van der Waals surface area contributed by atoms with Gasteiger partial charge in [-0.2, -0.15) is 0 Å². The zero-order chi connectivity index (χ0) is 70.2. The Balaban J connectivity index is 0.877. The molecule has 0 radical (unpaired) electrons. The molecule has 506 valence electrons. The molecule has 5 nitrogen and oxygen atoms in total. The fraction of sp³-hybridized carbons (Fsp3) is 0.100. The highest BCUT2D eigenvalue weighted by Gasteiger charge is 2.51. The summed E-state index contributed by atoms with van der Waals surface area (Å²) in [4.78, 5) is 13.7. The molecule has 5 heterocycles. The quantitative estimate of drug-likeness (QED) is 0.120. The molecule has 7 heteroatoms. The van der Waals surface area contributed by atoms with Crippen LogP contribution in [0.1, 0.15) is 32.1 Å². The molecule has 7 aliphatic rings. The van der Waals surface area contributed by atoms with Crippen molar-refractivity contribution >= 4 is 120 Å². The summed E-state index contributed by atoms with van der Waals surface area (Å²) in [5, 5.41) is 0. The van der Waals surface area contributed by atoms with Crippen molar-refractivity contribution in [1.82, 2.24) is 0 Å². The third kappa shape index (κ3) is 9.79. The summed E-state index contributed by atoms with van der Waals surface area (Å²) in [6.45, 7) is 0.669. The number of nitrogens with zero attached hydrogens (tertiary/aromatic N) is 5. The Morgan fingerprint density at radius 1 is 0.234 bits per heavy atom. The first kappa shape index (κ1) is 61.9. The first-order chi connectivity index (χ1) is 53.1. The minimum absolute atomic E-state index is 0.179. The van der Waals surface area contributed by atoms with Gasteiger partial charge >= 0.3 is 0 Å². The monoisotopic (exact) mass is 1370 g/mol. The van der Waals surface area contributed by atoms with E-state index in [1.165, 1.54) is 189 Å². The predicted octanol–water partition coefficient (Wildman–Crippen LogP) is 21.9. The summed E-state index contributed by atoms with van der Waals surface area (Å²) >= 11 is 0. The van der Waals surface area contributed by atoms with Crippen LogP contribution in [0.15, 0.2) is 358 Å². The van der Waals surface area contributed by atoms with Crippen LogP contribution >= 0.6 is 0 Å². The third-order valence-corrected chi connectivity index (χ3v) is 24.9. The molecule has 1 saturated heterocycles. The maximum atomic E-state index is 2.93. The summed E-state index contributed by atoms with van der Waals surface area (Å²) in [5.74, 6) is 2.20. The van der Waals surface area contributed by atoms with Crippen LogP contribution in [0.2, 0.25) is 0 Å². The molecular weight excluding hydrogens is 1290 g/mol. The van der Waals surface area contributed by atoms with E-state index in [-0.39, 0.29) is 13.4 Å². The van der Waals surface area contributed by atoms with Gasteiger partial charge in [0, 0.05) is 103 Å². The second-order valence-electron chi connectivity index (χ2n) is 30.5. The van der Waals surface area contributed by atoms with E-state index in [2.05, 4.69) is 382 Å². The molecule has 0 spiro atoms. The average molecular weight is 1370 g/mol. The van der Waals surface area contributed by atoms with Crippen molar-refractivity contribution in [3.63, 3.8) is 0 Å². The zero-order valence-corrected chi connectivity index (χ0v) is 59.5. The van der Waals surface area contributed by atoms with Gasteiger partial charge in [0.2, 0.25) is 0 Å². The van der Waals surface area contributed by atoms with Crippen LogP contribution in [0.25, 0.3) is 66.8 Å². The van der Waals surface area contributed by atoms with Gasteiger partial charge in [-0.25, -0.2) is 0 Å². The molecule has 22 rings (SSSR count). The molecule has 4 unspecified atom stereocenters. The van der Waals surface area contributed by atoms with Crippen LogP contribution in [0.3, 0.4) is 0 Å². The molecule has 4 atom stereocenters. The molecule has 2 aliphatic carbocycles. The first-order valence-electron chi connectivity index (χ1n) is 38.5.